The van der Waals surface area contributed by atoms with Gasteiger partial charge < -0.3 is 4.57 Å². The van der Waals surface area contributed by atoms with Crippen molar-refractivity contribution in [2.45, 2.75) is 0 Å². The maximum Gasteiger partial charge on any atom is 0.101 e. The van der Waals surface area contributed by atoms with Gasteiger partial charge in [-0.3, -0.25) is 4.98 Å². The average Bonchev–Trinajstić information content (AvgIpc) is 3.13. The minimum absolute atomic E-state index is 0.379. The van der Waals surface area contributed by atoms with E-state index < -0.39 is 0 Å². The van der Waals surface area contributed by atoms with Crippen LogP contribution in [0.3, 0.4) is 0 Å². The lowest BCUT2D eigenvalue weighted by Crippen LogP contribution is -1.96. The predicted molar refractivity (Wildman–Crippen MR) is 113 cm³/mol. The van der Waals surface area contributed by atoms with E-state index in [2.05, 4.69) is 58.1 Å². The first-order valence-electron chi connectivity index (χ1n) is 9.19. The van der Waals surface area contributed by atoms with Gasteiger partial charge in [0.25, 0.3) is 0 Å². The molecule has 0 fully saturated rings. The van der Waals surface area contributed by atoms with Crippen LogP contribution in [-0.4, -0.2) is 9.55 Å². The molecule has 0 spiro atoms. The van der Waals surface area contributed by atoms with E-state index in [0.29, 0.717) is 16.8 Å². The maximum atomic E-state index is 9.53. The van der Waals surface area contributed by atoms with E-state index in [0.717, 1.165) is 22.3 Å². The molecular weight excluding hydrogens is 356 g/mol. The summed E-state index contributed by atoms with van der Waals surface area (Å²) in [7, 11) is 0. The van der Waals surface area contributed by atoms with Gasteiger partial charge in [0, 0.05) is 28.2 Å². The minimum Gasteiger partial charge on any atom is -0.309 e. The molecule has 0 bridgehead atoms. The lowest BCUT2D eigenvalue weighted by Gasteiger charge is -2.10. The zero-order valence-corrected chi connectivity index (χ0v) is 15.4. The van der Waals surface area contributed by atoms with E-state index in [-0.39, 0.29) is 0 Å². The van der Waals surface area contributed by atoms with Crippen LogP contribution >= 0.6 is 0 Å². The minimum atomic E-state index is 0.379. The third kappa shape index (κ3) is 2.64. The van der Waals surface area contributed by atoms with Crippen molar-refractivity contribution in [3.8, 4) is 29.1 Å². The zero-order chi connectivity index (χ0) is 19.8. The highest BCUT2D eigenvalue weighted by Crippen LogP contribution is 2.33. The normalized spacial score (nSPS) is 10.7. The fourth-order valence-electron chi connectivity index (χ4n) is 3.83. The van der Waals surface area contributed by atoms with Crippen LogP contribution in [0.2, 0.25) is 0 Å². The molecule has 0 aliphatic heterocycles. The van der Waals surface area contributed by atoms with Crippen LogP contribution < -0.4 is 0 Å². The largest absolute Gasteiger partial charge is 0.309 e. The lowest BCUT2D eigenvalue weighted by molar-refractivity contribution is 1.18. The fourth-order valence-corrected chi connectivity index (χ4v) is 3.83. The molecule has 0 atom stereocenters. The van der Waals surface area contributed by atoms with E-state index in [1.165, 1.54) is 17.0 Å². The van der Waals surface area contributed by atoms with E-state index in [1.54, 1.807) is 6.07 Å². The summed E-state index contributed by atoms with van der Waals surface area (Å²) in [5, 5.41) is 21.0. The fraction of sp³-hybridized carbons (Fsp3) is 0. The summed E-state index contributed by atoms with van der Waals surface area (Å²) in [6.45, 7) is 0. The monoisotopic (exact) mass is 370 g/mol. The molecule has 0 N–H and O–H groups in total. The van der Waals surface area contributed by atoms with Crippen LogP contribution in [0.5, 0.6) is 0 Å². The highest BCUT2D eigenvalue weighted by Gasteiger charge is 2.13. The number of benzene rings is 3. The first-order chi connectivity index (χ1) is 14.3. The van der Waals surface area contributed by atoms with Gasteiger partial charge in [-0.05, 0) is 30.3 Å². The second-order valence-electron chi connectivity index (χ2n) is 6.76. The molecule has 0 saturated carbocycles. The zero-order valence-electron chi connectivity index (χ0n) is 15.4. The molecule has 0 radical (unpaired) electrons. The van der Waals surface area contributed by atoms with Gasteiger partial charge in [-0.2, -0.15) is 10.5 Å². The Hall–Kier alpha value is -4.41. The number of para-hydroxylation sites is 2. The van der Waals surface area contributed by atoms with Crippen molar-refractivity contribution in [2.75, 3.05) is 0 Å². The van der Waals surface area contributed by atoms with Crippen molar-refractivity contribution >= 4 is 21.8 Å². The molecule has 134 valence electrons. The van der Waals surface area contributed by atoms with Gasteiger partial charge >= 0.3 is 0 Å². The number of hydrogen-bond donors (Lipinski definition) is 0. The van der Waals surface area contributed by atoms with Gasteiger partial charge in [0.1, 0.15) is 12.1 Å². The lowest BCUT2D eigenvalue weighted by atomic mass is 10.0. The van der Waals surface area contributed by atoms with Crippen LogP contribution in [0.15, 0.2) is 85.1 Å². The quantitative estimate of drug-likeness (QED) is 0.407. The van der Waals surface area contributed by atoms with Gasteiger partial charge in [0.15, 0.2) is 0 Å². The Bertz CT molecular complexity index is 1430. The Kier molecular flexibility index (Phi) is 3.83. The molecule has 0 aliphatic carbocycles. The first kappa shape index (κ1) is 16.7. The van der Waals surface area contributed by atoms with E-state index in [4.69, 9.17) is 5.26 Å². The third-order valence-corrected chi connectivity index (χ3v) is 5.10. The molecule has 29 heavy (non-hydrogen) atoms. The molecule has 5 rings (SSSR count). The van der Waals surface area contributed by atoms with E-state index in [9.17, 15) is 5.26 Å². The molecule has 2 aromatic heterocycles. The molecule has 0 unspecified atom stereocenters. The first-order valence-corrected chi connectivity index (χ1v) is 9.19. The van der Waals surface area contributed by atoms with Gasteiger partial charge in [0.05, 0.1) is 27.9 Å². The highest BCUT2D eigenvalue weighted by molar-refractivity contribution is 6.09. The predicted octanol–water partition coefficient (Wildman–Crippen LogP) is 5.59. The van der Waals surface area contributed by atoms with Crippen LogP contribution in [-0.2, 0) is 0 Å². The molecule has 2 heterocycles. The number of fused-ring (bicyclic) bond motifs is 3. The molecule has 0 amide bonds. The molecule has 4 nitrogen and oxygen atoms in total. The smallest absolute Gasteiger partial charge is 0.101 e. The van der Waals surface area contributed by atoms with Crippen LogP contribution in [0.25, 0.3) is 38.8 Å². The SMILES string of the molecule is N#Cc1cnc(-c2cccc(-n3c4ccccc4c4ccccc43)c2)c(C#N)c1. The average molecular weight is 370 g/mol. The Morgan fingerprint density at radius 1 is 0.724 bits per heavy atom. The summed E-state index contributed by atoms with van der Waals surface area (Å²) in [5.74, 6) is 0. The molecule has 5 aromatic rings. The number of aromatic nitrogens is 2. The Labute approximate surface area is 167 Å². The van der Waals surface area contributed by atoms with Crippen molar-refractivity contribution in [1.82, 2.24) is 9.55 Å². The third-order valence-electron chi connectivity index (χ3n) is 5.10. The standard InChI is InChI=1S/C25H14N4/c26-14-17-12-19(15-27)25(28-16-17)18-6-5-7-20(13-18)29-23-10-3-1-8-21(23)22-9-2-4-11-24(22)29/h1-13,16H. The Balaban J connectivity index is 1.77. The van der Waals surface area contributed by atoms with Gasteiger partial charge in [-0.1, -0.05) is 48.5 Å². The second kappa shape index (κ2) is 6.64. The van der Waals surface area contributed by atoms with Crippen molar-refractivity contribution in [2.24, 2.45) is 0 Å². The van der Waals surface area contributed by atoms with Crippen molar-refractivity contribution in [3.05, 3.63) is 96.2 Å². The van der Waals surface area contributed by atoms with E-state index in [1.807, 2.05) is 36.4 Å². The number of rotatable bonds is 2. The number of hydrogen-bond acceptors (Lipinski definition) is 3. The highest BCUT2D eigenvalue weighted by atomic mass is 15.0. The summed E-state index contributed by atoms with van der Waals surface area (Å²) >= 11 is 0. The summed E-state index contributed by atoms with van der Waals surface area (Å²) < 4.78 is 2.23. The van der Waals surface area contributed by atoms with Crippen LogP contribution in [0.4, 0.5) is 0 Å². The number of nitriles is 2. The Morgan fingerprint density at radius 3 is 2.07 bits per heavy atom. The van der Waals surface area contributed by atoms with Crippen molar-refractivity contribution in [1.29, 1.82) is 10.5 Å². The summed E-state index contributed by atoms with van der Waals surface area (Å²) in [4.78, 5) is 4.38. The molecule has 0 saturated heterocycles. The topological polar surface area (TPSA) is 65.4 Å². The second-order valence-corrected chi connectivity index (χ2v) is 6.76. The molecule has 3 aromatic carbocycles. The van der Waals surface area contributed by atoms with Crippen molar-refractivity contribution in [3.63, 3.8) is 0 Å². The molecule has 4 heteroatoms. The van der Waals surface area contributed by atoms with Gasteiger partial charge in [0.2, 0.25) is 0 Å². The number of pyridine rings is 1. The molecular formula is C25H14N4. The summed E-state index contributed by atoms with van der Waals surface area (Å²) in [6.07, 6.45) is 1.50. The summed E-state index contributed by atoms with van der Waals surface area (Å²) in [5.41, 5.74) is 5.43. The summed E-state index contributed by atoms with van der Waals surface area (Å²) in [6, 6.07) is 30.4. The van der Waals surface area contributed by atoms with E-state index >= 15 is 0 Å². The maximum absolute atomic E-state index is 9.53. The van der Waals surface area contributed by atoms with Crippen LogP contribution in [0, 0.1) is 22.7 Å². The van der Waals surface area contributed by atoms with Crippen molar-refractivity contribution < 1.29 is 0 Å². The van der Waals surface area contributed by atoms with Gasteiger partial charge in [-0.15, -0.1) is 0 Å². The number of nitrogens with zero attached hydrogens (tertiary/aromatic N) is 4. The molecule has 0 aliphatic rings. The van der Waals surface area contributed by atoms with Gasteiger partial charge in [-0.25, -0.2) is 0 Å². The van der Waals surface area contributed by atoms with Crippen LogP contribution in [0.1, 0.15) is 11.1 Å². The Morgan fingerprint density at radius 2 is 1.41 bits per heavy atom.